The summed E-state index contributed by atoms with van der Waals surface area (Å²) in [5.41, 5.74) is 1.56. The third kappa shape index (κ3) is 7.18. The molecule has 0 aromatic heterocycles. The number of nitrogens with zero attached hydrogens (tertiary/aromatic N) is 3. The molecule has 224 valence electrons. The van der Waals surface area contributed by atoms with E-state index in [1.165, 1.54) is 56.3 Å². The van der Waals surface area contributed by atoms with Crippen LogP contribution in [0.15, 0.2) is 65.6 Å². The number of nitro benzene ring substituents is 1. The van der Waals surface area contributed by atoms with Crippen molar-refractivity contribution in [2.75, 3.05) is 25.0 Å². The zero-order valence-corrected chi connectivity index (χ0v) is 25.5. The molecule has 0 aliphatic rings. The van der Waals surface area contributed by atoms with Gasteiger partial charge in [0, 0.05) is 30.2 Å². The summed E-state index contributed by atoms with van der Waals surface area (Å²) < 4.78 is 34.5. The number of hydrogen-bond donors (Lipinski definition) is 1. The Balaban J connectivity index is 2.18. The van der Waals surface area contributed by atoms with E-state index in [1.54, 1.807) is 6.92 Å². The maximum atomic E-state index is 14.1. The van der Waals surface area contributed by atoms with Crippen LogP contribution in [0.25, 0.3) is 0 Å². The molecule has 3 aromatic rings. The molecule has 0 aliphatic heterocycles. The van der Waals surface area contributed by atoms with Gasteiger partial charge in [-0.15, -0.1) is 0 Å². The van der Waals surface area contributed by atoms with Gasteiger partial charge < -0.3 is 15.0 Å². The van der Waals surface area contributed by atoms with Crippen LogP contribution < -0.4 is 14.4 Å². The Hall–Kier alpha value is -4.16. The second-order valence-corrected chi connectivity index (χ2v) is 11.9. The largest absolute Gasteiger partial charge is 0.495 e. The number of halogens is 1. The summed E-state index contributed by atoms with van der Waals surface area (Å²) in [7, 11) is -1.81. The van der Waals surface area contributed by atoms with Gasteiger partial charge >= 0.3 is 0 Å². The Morgan fingerprint density at radius 2 is 1.74 bits per heavy atom. The Kier molecular flexibility index (Phi) is 10.5. The first-order chi connectivity index (χ1) is 19.8. The minimum atomic E-state index is -4.60. The van der Waals surface area contributed by atoms with Gasteiger partial charge in [0.25, 0.3) is 15.7 Å². The minimum Gasteiger partial charge on any atom is -0.495 e. The van der Waals surface area contributed by atoms with Gasteiger partial charge in [-0.2, -0.15) is 0 Å². The molecule has 3 aromatic carbocycles. The van der Waals surface area contributed by atoms with Crippen molar-refractivity contribution < 1.29 is 27.7 Å². The number of sulfonamides is 1. The van der Waals surface area contributed by atoms with Gasteiger partial charge in [0.15, 0.2) is 0 Å². The molecule has 1 atom stereocenters. The molecule has 0 radical (unpaired) electrons. The quantitative estimate of drug-likeness (QED) is 0.231. The number of carbonyl (C=O) groups excluding carboxylic acids is 2. The lowest BCUT2D eigenvalue weighted by molar-refractivity contribution is -0.385. The normalized spacial score (nSPS) is 11.9. The first-order valence-electron chi connectivity index (χ1n) is 13.0. The van der Waals surface area contributed by atoms with E-state index in [-0.39, 0.29) is 35.0 Å². The van der Waals surface area contributed by atoms with E-state index in [9.17, 15) is 28.1 Å². The number of amides is 2. The minimum absolute atomic E-state index is 0.0294. The van der Waals surface area contributed by atoms with Crippen LogP contribution in [0.2, 0.25) is 5.02 Å². The number of nitro groups is 1. The van der Waals surface area contributed by atoms with E-state index in [1.807, 2.05) is 31.2 Å². The summed E-state index contributed by atoms with van der Waals surface area (Å²) >= 11 is 6.24. The molecule has 0 aliphatic carbocycles. The third-order valence-corrected chi connectivity index (χ3v) is 8.75. The van der Waals surface area contributed by atoms with Gasteiger partial charge in [-0.25, -0.2) is 8.42 Å². The number of methoxy groups -OCH3 is 1. The fraction of sp³-hybridized carbons (Fsp3) is 0.310. The summed E-state index contributed by atoms with van der Waals surface area (Å²) in [6, 6.07) is 14.3. The molecule has 3 rings (SSSR count). The van der Waals surface area contributed by atoms with Gasteiger partial charge in [0.2, 0.25) is 11.8 Å². The Morgan fingerprint density at radius 1 is 1.07 bits per heavy atom. The fourth-order valence-electron chi connectivity index (χ4n) is 4.42. The highest BCUT2D eigenvalue weighted by Crippen LogP contribution is 2.36. The molecular formula is C29H33ClN4O7S. The van der Waals surface area contributed by atoms with Crippen molar-refractivity contribution in [1.29, 1.82) is 0 Å². The molecule has 0 saturated heterocycles. The summed E-state index contributed by atoms with van der Waals surface area (Å²) in [5.74, 6) is -0.999. The van der Waals surface area contributed by atoms with Crippen LogP contribution in [0, 0.1) is 24.0 Å². The van der Waals surface area contributed by atoms with Crippen LogP contribution in [0.5, 0.6) is 5.75 Å². The maximum absolute atomic E-state index is 14.1. The fourth-order valence-corrected chi connectivity index (χ4v) is 6.02. The second kappa shape index (κ2) is 13.7. The number of hydrogen-bond acceptors (Lipinski definition) is 7. The molecule has 0 saturated carbocycles. The van der Waals surface area contributed by atoms with Gasteiger partial charge in [0.1, 0.15) is 18.3 Å². The molecule has 0 unspecified atom stereocenters. The van der Waals surface area contributed by atoms with Crippen molar-refractivity contribution in [2.24, 2.45) is 0 Å². The van der Waals surface area contributed by atoms with Crippen LogP contribution in [-0.4, -0.2) is 56.8 Å². The van der Waals surface area contributed by atoms with Crippen molar-refractivity contribution in [1.82, 2.24) is 10.2 Å². The average molecular weight is 617 g/mol. The van der Waals surface area contributed by atoms with Crippen LogP contribution in [0.3, 0.4) is 0 Å². The van der Waals surface area contributed by atoms with E-state index in [0.29, 0.717) is 0 Å². The lowest BCUT2D eigenvalue weighted by Crippen LogP contribution is -2.51. The van der Waals surface area contributed by atoms with E-state index in [2.05, 4.69) is 5.32 Å². The summed E-state index contributed by atoms with van der Waals surface area (Å²) in [5, 5.41) is 14.3. The molecule has 0 spiro atoms. The van der Waals surface area contributed by atoms with E-state index in [0.717, 1.165) is 21.5 Å². The smallest absolute Gasteiger partial charge is 0.273 e. The van der Waals surface area contributed by atoms with E-state index < -0.39 is 49.9 Å². The third-order valence-electron chi connectivity index (χ3n) is 6.76. The monoisotopic (exact) mass is 616 g/mol. The van der Waals surface area contributed by atoms with Crippen molar-refractivity contribution in [2.45, 2.75) is 44.7 Å². The summed E-state index contributed by atoms with van der Waals surface area (Å²) in [6.45, 7) is 4.43. The number of rotatable bonds is 12. The Bertz CT molecular complexity index is 1580. The molecular weight excluding hydrogens is 584 g/mol. The van der Waals surface area contributed by atoms with Crippen molar-refractivity contribution in [3.05, 3.63) is 92.5 Å². The molecule has 11 nitrogen and oxygen atoms in total. The molecule has 13 heteroatoms. The lowest BCUT2D eigenvalue weighted by atomic mass is 10.1. The number of carbonyl (C=O) groups is 2. The predicted molar refractivity (Wildman–Crippen MR) is 160 cm³/mol. The number of benzene rings is 3. The number of nitrogens with one attached hydrogen (secondary N) is 1. The number of aryl methyl sites for hydroxylation is 2. The standard InChI is InChI=1S/C29H33ClN4O7S/c1-6-24(29(36)31-4)32(17-21-10-7-19(2)8-11-21)28(35)18-33(26-15-22(30)12-14-27(26)41-5)42(39,40)23-13-9-20(3)25(16-23)34(37)38/h7-16,24H,6,17-18H2,1-5H3,(H,31,36)/t24-/m1/s1. The van der Waals surface area contributed by atoms with Crippen molar-refractivity contribution in [3.8, 4) is 5.75 Å². The highest BCUT2D eigenvalue weighted by Gasteiger charge is 2.35. The SMILES string of the molecule is CC[C@H](C(=O)NC)N(Cc1ccc(C)cc1)C(=O)CN(c1cc(Cl)ccc1OC)S(=O)(=O)c1ccc(C)c([N+](=O)[O-])c1. The highest BCUT2D eigenvalue weighted by atomic mass is 35.5. The molecule has 0 heterocycles. The second-order valence-electron chi connectivity index (χ2n) is 9.58. The predicted octanol–water partition coefficient (Wildman–Crippen LogP) is 4.62. The van der Waals surface area contributed by atoms with Crippen LogP contribution in [0.4, 0.5) is 11.4 Å². The van der Waals surface area contributed by atoms with Gasteiger partial charge in [-0.1, -0.05) is 54.4 Å². The number of likely N-dealkylation sites (N-methyl/N-ethyl adjacent to an activating group) is 1. The molecule has 1 N–H and O–H groups in total. The van der Waals surface area contributed by atoms with Crippen LogP contribution >= 0.6 is 11.6 Å². The van der Waals surface area contributed by atoms with Gasteiger partial charge in [-0.3, -0.25) is 24.0 Å². The van der Waals surface area contributed by atoms with Gasteiger partial charge in [-0.05, 0) is 50.1 Å². The average Bonchev–Trinajstić information content (AvgIpc) is 2.96. The zero-order valence-electron chi connectivity index (χ0n) is 24.0. The van der Waals surface area contributed by atoms with Gasteiger partial charge in [0.05, 0.1) is 22.6 Å². The van der Waals surface area contributed by atoms with Crippen molar-refractivity contribution >= 4 is 44.8 Å². The zero-order chi connectivity index (χ0) is 31.2. The van der Waals surface area contributed by atoms with Crippen LogP contribution in [-0.2, 0) is 26.2 Å². The molecule has 0 bridgehead atoms. The molecule has 0 fully saturated rings. The first kappa shape index (κ1) is 32.4. The van der Waals surface area contributed by atoms with E-state index in [4.69, 9.17) is 16.3 Å². The number of ether oxygens (including phenoxy) is 1. The van der Waals surface area contributed by atoms with Crippen LogP contribution in [0.1, 0.15) is 30.0 Å². The first-order valence-corrected chi connectivity index (χ1v) is 14.8. The Morgan fingerprint density at radius 3 is 2.31 bits per heavy atom. The lowest BCUT2D eigenvalue weighted by Gasteiger charge is -2.33. The molecule has 2 amide bonds. The summed E-state index contributed by atoms with van der Waals surface area (Å²) in [6.07, 6.45) is 0.259. The topological polar surface area (TPSA) is 139 Å². The molecule has 42 heavy (non-hydrogen) atoms. The summed E-state index contributed by atoms with van der Waals surface area (Å²) in [4.78, 5) is 38.8. The van der Waals surface area contributed by atoms with E-state index >= 15 is 0 Å². The highest BCUT2D eigenvalue weighted by molar-refractivity contribution is 7.92. The Labute approximate surface area is 250 Å². The number of anilines is 1. The maximum Gasteiger partial charge on any atom is 0.273 e. The van der Waals surface area contributed by atoms with Crippen molar-refractivity contribution in [3.63, 3.8) is 0 Å².